The Morgan fingerprint density at radius 1 is 1.06 bits per heavy atom. The molecule has 0 radical (unpaired) electrons. The molecule has 170 valence electrons. The van der Waals surface area contributed by atoms with Gasteiger partial charge in [0.25, 0.3) is 0 Å². The molecule has 0 spiro atoms. The number of rotatable bonds is 2. The van der Waals surface area contributed by atoms with Crippen molar-refractivity contribution in [2.45, 2.75) is 73.6 Å². The Hall–Kier alpha value is -2.40. The minimum Gasteiger partial charge on any atom is -0.399 e. The molecule has 1 saturated carbocycles. The van der Waals surface area contributed by atoms with E-state index >= 15 is 0 Å². The molecule has 1 aromatic carbocycles. The molecule has 1 aliphatic rings. The van der Waals surface area contributed by atoms with E-state index in [1.165, 1.54) is 24.6 Å². The van der Waals surface area contributed by atoms with Crippen molar-refractivity contribution in [2.75, 3.05) is 11.5 Å². The number of nitrogens with zero attached hydrogens (tertiary/aromatic N) is 2. The predicted octanol–water partition coefficient (Wildman–Crippen LogP) is 7.38. The van der Waals surface area contributed by atoms with E-state index in [0.29, 0.717) is 23.8 Å². The van der Waals surface area contributed by atoms with Crippen LogP contribution in [0.15, 0.2) is 24.4 Å². The lowest BCUT2D eigenvalue weighted by atomic mass is 10.0. The number of fused-ring (bicyclic) bond motifs is 1. The first-order valence-electron chi connectivity index (χ1n) is 11.1. The third-order valence-electron chi connectivity index (χ3n) is 4.80. The molecule has 2 aromatic heterocycles. The SMILES string of the molecule is CC.CC.CCc1c(F)cnc2cc(N)cc(C)c12.Cc1nc(N)cc(Cl)c1C1CC1. The van der Waals surface area contributed by atoms with Crippen LogP contribution in [-0.4, -0.2) is 9.97 Å². The quantitative estimate of drug-likeness (QED) is 0.402. The highest BCUT2D eigenvalue weighted by Crippen LogP contribution is 2.44. The Morgan fingerprint density at radius 3 is 2.19 bits per heavy atom. The second-order valence-electron chi connectivity index (χ2n) is 6.97. The summed E-state index contributed by atoms with van der Waals surface area (Å²) in [5.41, 5.74) is 16.6. The molecule has 0 bridgehead atoms. The fourth-order valence-electron chi connectivity index (χ4n) is 3.49. The number of benzene rings is 1. The van der Waals surface area contributed by atoms with Crippen molar-refractivity contribution in [2.24, 2.45) is 0 Å². The molecule has 6 heteroatoms. The topological polar surface area (TPSA) is 77.8 Å². The first-order valence-corrected chi connectivity index (χ1v) is 11.4. The zero-order chi connectivity index (χ0) is 23.7. The number of aryl methyl sites for hydroxylation is 3. The van der Waals surface area contributed by atoms with Gasteiger partial charge in [-0.1, -0.05) is 46.2 Å². The Morgan fingerprint density at radius 2 is 1.68 bits per heavy atom. The van der Waals surface area contributed by atoms with Gasteiger partial charge in [-0.05, 0) is 73.9 Å². The minimum atomic E-state index is -0.238. The number of anilines is 2. The van der Waals surface area contributed by atoms with E-state index < -0.39 is 0 Å². The normalized spacial score (nSPS) is 12.0. The maximum atomic E-state index is 13.5. The standard InChI is InChI=1S/C12H13FN2.C9H11ClN2.2C2H6/c1-3-9-10(13)6-15-11-5-8(14)4-7(2)12(9)11;1-5-9(6-2-3-6)7(10)4-8(11)12-5;2*1-2/h4-6H,3,14H2,1-2H3;4,6H,2-3H2,1H3,(H2,11,12);2*1-2H3. The molecule has 0 aliphatic heterocycles. The molecule has 31 heavy (non-hydrogen) atoms. The van der Waals surface area contributed by atoms with Gasteiger partial charge in [-0.25, -0.2) is 9.37 Å². The van der Waals surface area contributed by atoms with Crippen LogP contribution >= 0.6 is 11.6 Å². The van der Waals surface area contributed by atoms with Crippen molar-refractivity contribution in [3.63, 3.8) is 0 Å². The van der Waals surface area contributed by atoms with Gasteiger partial charge < -0.3 is 11.5 Å². The summed E-state index contributed by atoms with van der Waals surface area (Å²) < 4.78 is 13.5. The number of nitrogen functional groups attached to an aromatic ring is 2. The van der Waals surface area contributed by atoms with E-state index in [0.717, 1.165) is 32.7 Å². The number of hydrogen-bond acceptors (Lipinski definition) is 4. The Bertz CT molecular complexity index is 977. The number of hydrogen-bond donors (Lipinski definition) is 2. The van der Waals surface area contributed by atoms with E-state index in [1.807, 2.05) is 54.5 Å². The van der Waals surface area contributed by atoms with Crippen molar-refractivity contribution >= 4 is 34.0 Å². The Kier molecular flexibility index (Phi) is 10.7. The van der Waals surface area contributed by atoms with Crippen molar-refractivity contribution < 1.29 is 4.39 Å². The molecule has 1 aliphatic carbocycles. The molecule has 0 atom stereocenters. The van der Waals surface area contributed by atoms with Crippen LogP contribution < -0.4 is 11.5 Å². The van der Waals surface area contributed by atoms with Gasteiger partial charge in [-0.3, -0.25) is 4.98 Å². The van der Waals surface area contributed by atoms with Crippen molar-refractivity contribution in [3.8, 4) is 0 Å². The molecule has 3 aromatic rings. The van der Waals surface area contributed by atoms with Crippen LogP contribution in [0.2, 0.25) is 5.02 Å². The maximum Gasteiger partial charge on any atom is 0.145 e. The average molecular weight is 447 g/mol. The molecular weight excluding hydrogens is 411 g/mol. The number of aromatic nitrogens is 2. The molecule has 2 heterocycles. The van der Waals surface area contributed by atoms with Gasteiger partial charge in [-0.2, -0.15) is 0 Å². The van der Waals surface area contributed by atoms with E-state index in [2.05, 4.69) is 9.97 Å². The zero-order valence-corrected chi connectivity index (χ0v) is 20.6. The van der Waals surface area contributed by atoms with E-state index in [-0.39, 0.29) is 5.82 Å². The summed E-state index contributed by atoms with van der Waals surface area (Å²) in [5, 5.41) is 1.68. The highest BCUT2D eigenvalue weighted by atomic mass is 35.5. The summed E-state index contributed by atoms with van der Waals surface area (Å²) in [5.74, 6) is 0.922. The highest BCUT2D eigenvalue weighted by molar-refractivity contribution is 6.31. The molecule has 1 fully saturated rings. The van der Waals surface area contributed by atoms with Crippen LogP contribution in [0.1, 0.15) is 75.8 Å². The Labute approximate surface area is 191 Å². The summed E-state index contributed by atoms with van der Waals surface area (Å²) in [6.45, 7) is 13.8. The molecule has 0 saturated heterocycles. The monoisotopic (exact) mass is 446 g/mol. The second-order valence-corrected chi connectivity index (χ2v) is 7.38. The van der Waals surface area contributed by atoms with Crippen LogP contribution in [0.5, 0.6) is 0 Å². The van der Waals surface area contributed by atoms with Gasteiger partial charge in [0, 0.05) is 21.8 Å². The fourth-order valence-corrected chi connectivity index (χ4v) is 3.89. The minimum absolute atomic E-state index is 0.238. The first kappa shape index (κ1) is 26.6. The highest BCUT2D eigenvalue weighted by Gasteiger charge is 2.28. The molecule has 4 rings (SSSR count). The molecular formula is C25H36ClFN4. The predicted molar refractivity (Wildman–Crippen MR) is 133 cm³/mol. The van der Waals surface area contributed by atoms with Crippen LogP contribution in [0, 0.1) is 19.7 Å². The molecule has 0 amide bonds. The summed E-state index contributed by atoms with van der Waals surface area (Å²) in [7, 11) is 0. The molecule has 4 nitrogen and oxygen atoms in total. The zero-order valence-electron chi connectivity index (χ0n) is 19.8. The summed E-state index contributed by atoms with van der Waals surface area (Å²) in [6, 6.07) is 5.37. The van der Waals surface area contributed by atoms with Crippen LogP contribution in [0.4, 0.5) is 15.9 Å². The molecule has 4 N–H and O–H groups in total. The second kappa shape index (κ2) is 12.5. The van der Waals surface area contributed by atoms with E-state index in [4.69, 9.17) is 23.1 Å². The third kappa shape index (κ3) is 6.79. The van der Waals surface area contributed by atoms with Gasteiger partial charge >= 0.3 is 0 Å². The van der Waals surface area contributed by atoms with Crippen LogP contribution in [0.3, 0.4) is 0 Å². The number of pyridine rings is 2. The van der Waals surface area contributed by atoms with Crippen LogP contribution in [0.25, 0.3) is 10.9 Å². The Balaban J connectivity index is 0.000000272. The number of halogens is 2. The van der Waals surface area contributed by atoms with Gasteiger partial charge in [0.1, 0.15) is 11.6 Å². The van der Waals surface area contributed by atoms with Crippen molar-refractivity contribution in [1.82, 2.24) is 9.97 Å². The largest absolute Gasteiger partial charge is 0.399 e. The van der Waals surface area contributed by atoms with Gasteiger partial charge in [0.15, 0.2) is 0 Å². The fraction of sp³-hybridized carbons (Fsp3) is 0.440. The summed E-state index contributed by atoms with van der Waals surface area (Å²) in [4.78, 5) is 8.25. The van der Waals surface area contributed by atoms with Gasteiger partial charge in [-0.15, -0.1) is 0 Å². The number of nitrogens with two attached hydrogens (primary N) is 2. The van der Waals surface area contributed by atoms with Crippen LogP contribution in [-0.2, 0) is 6.42 Å². The van der Waals surface area contributed by atoms with Gasteiger partial charge in [0.2, 0.25) is 0 Å². The lowest BCUT2D eigenvalue weighted by molar-refractivity contribution is 0.609. The van der Waals surface area contributed by atoms with Crippen molar-refractivity contribution in [3.05, 3.63) is 57.6 Å². The summed E-state index contributed by atoms with van der Waals surface area (Å²) in [6.07, 6.45) is 4.41. The third-order valence-corrected chi connectivity index (χ3v) is 5.11. The van der Waals surface area contributed by atoms with Crippen molar-refractivity contribution in [1.29, 1.82) is 0 Å². The van der Waals surface area contributed by atoms with E-state index in [9.17, 15) is 4.39 Å². The maximum absolute atomic E-state index is 13.5. The van der Waals surface area contributed by atoms with Gasteiger partial charge in [0.05, 0.1) is 11.7 Å². The van der Waals surface area contributed by atoms with E-state index in [1.54, 1.807) is 12.1 Å². The lowest BCUT2D eigenvalue weighted by Crippen LogP contribution is -1.97. The molecule has 0 unspecified atom stereocenters. The average Bonchev–Trinajstić information content (AvgIpc) is 3.56. The summed E-state index contributed by atoms with van der Waals surface area (Å²) >= 11 is 6.05. The first-order chi connectivity index (χ1) is 14.8. The smallest absolute Gasteiger partial charge is 0.145 e. The lowest BCUT2D eigenvalue weighted by Gasteiger charge is -2.09.